The van der Waals surface area contributed by atoms with Gasteiger partial charge in [0.25, 0.3) is 11.8 Å². The molecule has 1 unspecified atom stereocenters. The van der Waals surface area contributed by atoms with Crippen LogP contribution >= 0.6 is 0 Å². The lowest BCUT2D eigenvalue weighted by Crippen LogP contribution is -2.35. The van der Waals surface area contributed by atoms with Crippen molar-refractivity contribution >= 4 is 28.6 Å². The maximum absolute atomic E-state index is 12.3. The van der Waals surface area contributed by atoms with Crippen LogP contribution in [0.3, 0.4) is 0 Å². The van der Waals surface area contributed by atoms with E-state index in [9.17, 15) is 14.4 Å². The standard InChI is InChI=1S/C20H20N4O4/c1-28-20(27)14(9-13-7-4-6-12-5-2-3-8-15(12)13)11-22-19(26)17-10-16(18(21)25)23-24-17/h2-8,10,14H,9,11H2,1H3,(H2,21,25)(H,22,26)(H,23,24). The van der Waals surface area contributed by atoms with Crippen molar-refractivity contribution in [3.05, 3.63) is 65.5 Å². The van der Waals surface area contributed by atoms with Crippen molar-refractivity contribution in [1.82, 2.24) is 15.5 Å². The summed E-state index contributed by atoms with van der Waals surface area (Å²) in [5.41, 5.74) is 6.16. The van der Waals surface area contributed by atoms with E-state index in [4.69, 9.17) is 10.5 Å². The minimum Gasteiger partial charge on any atom is -0.469 e. The SMILES string of the molecule is COC(=O)C(CNC(=O)c1cc(C(N)=O)n[nH]1)Cc1cccc2ccccc12. The molecule has 0 aliphatic heterocycles. The van der Waals surface area contributed by atoms with Gasteiger partial charge in [0.2, 0.25) is 0 Å². The minimum absolute atomic E-state index is 0.0366. The van der Waals surface area contributed by atoms with E-state index in [1.165, 1.54) is 13.2 Å². The van der Waals surface area contributed by atoms with Gasteiger partial charge in [-0.25, -0.2) is 0 Å². The fourth-order valence-electron chi connectivity index (χ4n) is 3.02. The third-order valence-electron chi connectivity index (χ3n) is 4.46. The number of fused-ring (bicyclic) bond motifs is 1. The molecule has 1 atom stereocenters. The summed E-state index contributed by atoms with van der Waals surface area (Å²) in [6.07, 6.45) is 0.407. The van der Waals surface area contributed by atoms with Crippen LogP contribution in [-0.4, -0.2) is 41.6 Å². The first kappa shape index (κ1) is 19.1. The summed E-state index contributed by atoms with van der Waals surface area (Å²) >= 11 is 0. The molecule has 0 bridgehead atoms. The molecule has 2 aromatic carbocycles. The summed E-state index contributed by atoms with van der Waals surface area (Å²) in [7, 11) is 1.31. The lowest BCUT2D eigenvalue weighted by Gasteiger charge is -2.16. The van der Waals surface area contributed by atoms with Crippen molar-refractivity contribution in [2.45, 2.75) is 6.42 Å². The highest BCUT2D eigenvalue weighted by molar-refractivity contribution is 5.97. The number of aromatic nitrogens is 2. The van der Waals surface area contributed by atoms with Crippen LogP contribution in [0, 0.1) is 5.92 Å². The Kier molecular flexibility index (Phi) is 5.69. The molecule has 2 amide bonds. The molecule has 0 aliphatic carbocycles. The predicted molar refractivity (Wildman–Crippen MR) is 103 cm³/mol. The monoisotopic (exact) mass is 380 g/mol. The number of aromatic amines is 1. The highest BCUT2D eigenvalue weighted by atomic mass is 16.5. The van der Waals surface area contributed by atoms with E-state index in [1.807, 2.05) is 42.5 Å². The number of ether oxygens (including phenoxy) is 1. The Morgan fingerprint density at radius 2 is 1.93 bits per heavy atom. The van der Waals surface area contributed by atoms with Crippen LogP contribution in [0.1, 0.15) is 26.5 Å². The molecule has 1 heterocycles. The molecule has 3 aromatic rings. The summed E-state index contributed by atoms with van der Waals surface area (Å²) in [6, 6.07) is 15.0. The molecule has 0 radical (unpaired) electrons. The second-order valence-electron chi connectivity index (χ2n) is 6.30. The van der Waals surface area contributed by atoms with Crippen molar-refractivity contribution in [2.24, 2.45) is 11.7 Å². The molecule has 0 aliphatic rings. The van der Waals surface area contributed by atoms with Crippen LogP contribution in [0.2, 0.25) is 0 Å². The average molecular weight is 380 g/mol. The molecule has 144 valence electrons. The summed E-state index contributed by atoms with van der Waals surface area (Å²) in [4.78, 5) is 35.6. The van der Waals surface area contributed by atoms with Crippen LogP contribution in [0.25, 0.3) is 10.8 Å². The number of carbonyl (C=O) groups is 3. The Morgan fingerprint density at radius 1 is 1.18 bits per heavy atom. The summed E-state index contributed by atoms with van der Waals surface area (Å²) in [5, 5.41) is 10.9. The van der Waals surface area contributed by atoms with Crippen LogP contribution in [0.4, 0.5) is 0 Å². The number of carbonyl (C=O) groups excluding carboxylic acids is 3. The molecular weight excluding hydrogens is 360 g/mol. The fourth-order valence-corrected chi connectivity index (χ4v) is 3.02. The van der Waals surface area contributed by atoms with Crippen LogP contribution in [-0.2, 0) is 16.0 Å². The van der Waals surface area contributed by atoms with Crippen LogP contribution < -0.4 is 11.1 Å². The van der Waals surface area contributed by atoms with E-state index in [0.29, 0.717) is 6.42 Å². The quantitative estimate of drug-likeness (QED) is 0.534. The third kappa shape index (κ3) is 4.17. The highest BCUT2D eigenvalue weighted by Gasteiger charge is 2.22. The van der Waals surface area contributed by atoms with Gasteiger partial charge < -0.3 is 15.8 Å². The van der Waals surface area contributed by atoms with E-state index >= 15 is 0 Å². The van der Waals surface area contributed by atoms with Crippen molar-refractivity contribution in [1.29, 1.82) is 0 Å². The zero-order valence-corrected chi connectivity index (χ0v) is 15.3. The van der Waals surface area contributed by atoms with Gasteiger partial charge in [-0.3, -0.25) is 19.5 Å². The Labute approximate surface area is 161 Å². The van der Waals surface area contributed by atoms with Gasteiger partial charge in [-0.2, -0.15) is 5.10 Å². The summed E-state index contributed by atoms with van der Waals surface area (Å²) in [5.74, 6) is -2.22. The molecule has 8 heteroatoms. The van der Waals surface area contributed by atoms with Crippen molar-refractivity contribution in [3.8, 4) is 0 Å². The molecule has 4 N–H and O–H groups in total. The Balaban J connectivity index is 1.74. The van der Waals surface area contributed by atoms with Gasteiger partial charge in [-0.1, -0.05) is 42.5 Å². The largest absolute Gasteiger partial charge is 0.469 e. The van der Waals surface area contributed by atoms with Gasteiger partial charge in [0, 0.05) is 12.6 Å². The number of primary amides is 1. The zero-order valence-electron chi connectivity index (χ0n) is 15.3. The van der Waals surface area contributed by atoms with Crippen LogP contribution in [0.5, 0.6) is 0 Å². The summed E-state index contributed by atoms with van der Waals surface area (Å²) < 4.78 is 4.90. The summed E-state index contributed by atoms with van der Waals surface area (Å²) in [6.45, 7) is 0.0691. The first-order valence-corrected chi connectivity index (χ1v) is 8.67. The van der Waals surface area contributed by atoms with Gasteiger partial charge >= 0.3 is 5.97 Å². The minimum atomic E-state index is -0.737. The van der Waals surface area contributed by atoms with Gasteiger partial charge in [0.15, 0.2) is 5.69 Å². The number of esters is 1. The van der Waals surface area contributed by atoms with Crippen molar-refractivity contribution in [2.75, 3.05) is 13.7 Å². The Bertz CT molecular complexity index is 1020. The number of nitrogens with one attached hydrogen (secondary N) is 2. The van der Waals surface area contributed by atoms with E-state index < -0.39 is 23.7 Å². The highest BCUT2D eigenvalue weighted by Crippen LogP contribution is 2.21. The van der Waals surface area contributed by atoms with E-state index in [1.54, 1.807) is 0 Å². The van der Waals surface area contributed by atoms with E-state index in [0.717, 1.165) is 16.3 Å². The number of amides is 2. The van der Waals surface area contributed by atoms with Crippen molar-refractivity contribution in [3.63, 3.8) is 0 Å². The van der Waals surface area contributed by atoms with E-state index in [-0.39, 0.29) is 17.9 Å². The van der Waals surface area contributed by atoms with E-state index in [2.05, 4.69) is 15.5 Å². The molecule has 0 spiro atoms. The molecular formula is C20H20N4O4. The molecule has 0 fully saturated rings. The lowest BCUT2D eigenvalue weighted by molar-refractivity contribution is -0.145. The number of hydrogen-bond donors (Lipinski definition) is 3. The topological polar surface area (TPSA) is 127 Å². The molecule has 28 heavy (non-hydrogen) atoms. The van der Waals surface area contributed by atoms with Crippen molar-refractivity contribution < 1.29 is 19.1 Å². The molecule has 0 saturated heterocycles. The molecule has 1 aromatic heterocycles. The molecule has 8 nitrogen and oxygen atoms in total. The average Bonchev–Trinajstić information content (AvgIpc) is 3.21. The number of rotatable bonds is 7. The maximum Gasteiger partial charge on any atom is 0.310 e. The number of hydrogen-bond acceptors (Lipinski definition) is 5. The normalized spacial score (nSPS) is 11.8. The van der Waals surface area contributed by atoms with Gasteiger partial charge in [-0.15, -0.1) is 0 Å². The first-order valence-electron chi connectivity index (χ1n) is 8.67. The maximum atomic E-state index is 12.3. The number of nitrogens with zero attached hydrogens (tertiary/aromatic N) is 1. The number of methoxy groups -OCH3 is 1. The third-order valence-corrected chi connectivity index (χ3v) is 4.46. The second-order valence-corrected chi connectivity index (χ2v) is 6.30. The number of benzene rings is 2. The molecule has 0 saturated carbocycles. The van der Waals surface area contributed by atoms with Gasteiger partial charge in [0.1, 0.15) is 5.69 Å². The Hall–Kier alpha value is -3.68. The zero-order chi connectivity index (χ0) is 20.1. The smallest absolute Gasteiger partial charge is 0.310 e. The predicted octanol–water partition coefficient (Wildman–Crippen LogP) is 1.42. The first-order chi connectivity index (χ1) is 13.5. The second kappa shape index (κ2) is 8.34. The molecule has 3 rings (SSSR count). The number of nitrogens with two attached hydrogens (primary N) is 1. The van der Waals surface area contributed by atoms with Gasteiger partial charge in [-0.05, 0) is 22.8 Å². The fraction of sp³-hybridized carbons (Fsp3) is 0.200. The number of H-pyrrole nitrogens is 1. The van der Waals surface area contributed by atoms with Crippen LogP contribution in [0.15, 0.2) is 48.5 Å². The lowest BCUT2D eigenvalue weighted by atomic mass is 9.94. The Morgan fingerprint density at radius 3 is 2.64 bits per heavy atom. The van der Waals surface area contributed by atoms with Gasteiger partial charge in [0.05, 0.1) is 13.0 Å².